The lowest BCUT2D eigenvalue weighted by atomic mass is 9.87. The zero-order chi connectivity index (χ0) is 26.4. The molecule has 1 amide bonds. The third kappa shape index (κ3) is 4.07. The highest BCUT2D eigenvalue weighted by atomic mass is 19.1. The molecule has 2 aromatic heterocycles. The number of amides is 1. The van der Waals surface area contributed by atoms with Crippen LogP contribution in [0, 0.1) is 11.6 Å². The molecule has 2 fully saturated rings. The van der Waals surface area contributed by atoms with Gasteiger partial charge in [-0.3, -0.25) is 14.6 Å². The predicted octanol–water partition coefficient (Wildman–Crippen LogP) is 4.33. The van der Waals surface area contributed by atoms with Gasteiger partial charge in [0.05, 0.1) is 34.3 Å². The summed E-state index contributed by atoms with van der Waals surface area (Å²) in [7, 11) is 0. The second-order valence-electron chi connectivity index (χ2n) is 10.2. The first-order chi connectivity index (χ1) is 18.4. The van der Waals surface area contributed by atoms with Gasteiger partial charge in [-0.2, -0.15) is 5.10 Å². The van der Waals surface area contributed by atoms with Gasteiger partial charge in [0.15, 0.2) is 0 Å². The molecule has 0 bridgehead atoms. The smallest absolute Gasteiger partial charge is 0.272 e. The number of rotatable bonds is 7. The van der Waals surface area contributed by atoms with Crippen LogP contribution in [0.25, 0.3) is 21.9 Å². The van der Waals surface area contributed by atoms with E-state index >= 15 is 0 Å². The van der Waals surface area contributed by atoms with E-state index in [1.54, 1.807) is 18.2 Å². The molecule has 7 nitrogen and oxygen atoms in total. The summed E-state index contributed by atoms with van der Waals surface area (Å²) < 4.78 is 28.5. The Morgan fingerprint density at radius 3 is 2.45 bits per heavy atom. The molecular formula is C29H27F2N5O2. The van der Waals surface area contributed by atoms with Crippen LogP contribution in [0.3, 0.4) is 0 Å². The van der Waals surface area contributed by atoms with Gasteiger partial charge < -0.3 is 10.6 Å². The molecule has 3 N–H and O–H groups in total. The second kappa shape index (κ2) is 9.40. The van der Waals surface area contributed by atoms with E-state index in [4.69, 9.17) is 5.73 Å². The first-order valence-electron chi connectivity index (χ1n) is 12.8. The van der Waals surface area contributed by atoms with E-state index < -0.39 is 17.0 Å². The summed E-state index contributed by atoms with van der Waals surface area (Å²) in [6.45, 7) is 0.485. The van der Waals surface area contributed by atoms with Gasteiger partial charge in [0.1, 0.15) is 11.6 Å². The van der Waals surface area contributed by atoms with E-state index in [-0.39, 0.29) is 29.6 Å². The third-order valence-electron chi connectivity index (χ3n) is 7.96. The van der Waals surface area contributed by atoms with E-state index in [2.05, 4.69) is 15.2 Å². The van der Waals surface area contributed by atoms with Crippen molar-refractivity contribution in [3.8, 4) is 11.1 Å². The number of benzene rings is 2. The molecule has 2 saturated carbocycles. The van der Waals surface area contributed by atoms with Gasteiger partial charge in [-0.15, -0.1) is 0 Å². The van der Waals surface area contributed by atoms with Crippen LogP contribution in [0.5, 0.6) is 0 Å². The van der Waals surface area contributed by atoms with E-state index in [1.165, 1.54) is 24.4 Å². The van der Waals surface area contributed by atoms with Crippen LogP contribution in [0.15, 0.2) is 59.5 Å². The summed E-state index contributed by atoms with van der Waals surface area (Å²) in [5, 5.41) is 7.73. The minimum Gasteiger partial charge on any atom is -0.333 e. The Morgan fingerprint density at radius 2 is 1.84 bits per heavy atom. The van der Waals surface area contributed by atoms with E-state index in [1.807, 2.05) is 17.0 Å². The first-order valence-corrected chi connectivity index (χ1v) is 12.8. The lowest BCUT2D eigenvalue weighted by molar-refractivity contribution is -0.139. The fourth-order valence-electron chi connectivity index (χ4n) is 5.38. The van der Waals surface area contributed by atoms with Gasteiger partial charge in [0.25, 0.3) is 5.56 Å². The third-order valence-corrected chi connectivity index (χ3v) is 7.96. The Kier molecular flexibility index (Phi) is 6.03. The van der Waals surface area contributed by atoms with Crippen molar-refractivity contribution >= 4 is 16.7 Å². The highest BCUT2D eigenvalue weighted by Gasteiger charge is 2.54. The molecule has 2 aliphatic carbocycles. The number of hydrogen-bond donors (Lipinski definition) is 2. The SMILES string of the molecule is NCc1n[nH]c(=O)c2ccc(C3(C(=O)N(Cc4ccc(-c5c(F)cccc5F)cn4)C4CCC4)CC3)cc12. The Balaban J connectivity index is 1.30. The largest absolute Gasteiger partial charge is 0.333 e. The average Bonchev–Trinajstić information content (AvgIpc) is 3.70. The van der Waals surface area contributed by atoms with Crippen molar-refractivity contribution in [3.05, 3.63) is 93.7 Å². The monoisotopic (exact) mass is 515 g/mol. The molecule has 0 atom stereocenters. The highest BCUT2D eigenvalue weighted by Crippen LogP contribution is 2.51. The quantitative estimate of drug-likeness (QED) is 0.381. The summed E-state index contributed by atoms with van der Waals surface area (Å²) in [5.74, 6) is -1.25. The number of hydrogen-bond acceptors (Lipinski definition) is 5. The van der Waals surface area contributed by atoms with Gasteiger partial charge in [-0.05, 0) is 68.0 Å². The van der Waals surface area contributed by atoms with Crippen LogP contribution in [0.2, 0.25) is 0 Å². The standard InChI is InChI=1S/C29H27F2N5O2/c30-23-5-2-6-24(31)26(23)17-7-9-19(33-15-17)16-36(20-3-1-4-20)28(38)29(11-12-29)18-8-10-21-22(13-18)25(14-32)34-35-27(21)37/h2,5-10,13,15,20H,1,3-4,11-12,14,16,32H2,(H,35,37). The van der Waals surface area contributed by atoms with Crippen molar-refractivity contribution in [2.75, 3.05) is 0 Å². The van der Waals surface area contributed by atoms with Crippen molar-refractivity contribution in [1.29, 1.82) is 0 Å². The number of nitrogens with two attached hydrogens (primary N) is 1. The lowest BCUT2D eigenvalue weighted by Crippen LogP contribution is -2.48. The summed E-state index contributed by atoms with van der Waals surface area (Å²) in [6, 6.07) is 12.7. The average molecular weight is 516 g/mol. The predicted molar refractivity (Wildman–Crippen MR) is 139 cm³/mol. The lowest BCUT2D eigenvalue weighted by Gasteiger charge is -2.39. The van der Waals surface area contributed by atoms with Crippen molar-refractivity contribution in [1.82, 2.24) is 20.1 Å². The molecule has 0 unspecified atom stereocenters. The van der Waals surface area contributed by atoms with Crippen LogP contribution in [0.4, 0.5) is 8.78 Å². The molecule has 0 saturated heterocycles. The number of nitrogens with zero attached hydrogens (tertiary/aromatic N) is 3. The molecule has 0 radical (unpaired) electrons. The van der Waals surface area contributed by atoms with Gasteiger partial charge >= 0.3 is 0 Å². The second-order valence-corrected chi connectivity index (χ2v) is 10.2. The Labute approximate surface area is 217 Å². The molecule has 2 aromatic carbocycles. The molecule has 194 valence electrons. The molecule has 6 rings (SSSR count). The first kappa shape index (κ1) is 24.4. The molecule has 4 aromatic rings. The van der Waals surface area contributed by atoms with Gasteiger partial charge in [0.2, 0.25) is 5.91 Å². The van der Waals surface area contributed by atoms with E-state index in [0.29, 0.717) is 47.1 Å². The summed E-state index contributed by atoms with van der Waals surface area (Å²) in [5.41, 5.74) is 7.23. The molecular weight excluding hydrogens is 488 g/mol. The Hall–Kier alpha value is -3.98. The fraction of sp³-hybridized carbons (Fsp3) is 0.310. The molecule has 38 heavy (non-hydrogen) atoms. The molecule has 9 heteroatoms. The minimum atomic E-state index is -0.658. The van der Waals surface area contributed by atoms with Crippen LogP contribution < -0.4 is 11.3 Å². The number of fused-ring (bicyclic) bond motifs is 1. The Morgan fingerprint density at radius 1 is 1.08 bits per heavy atom. The Bertz CT molecular complexity index is 1570. The van der Waals surface area contributed by atoms with E-state index in [9.17, 15) is 18.4 Å². The van der Waals surface area contributed by atoms with Crippen LogP contribution in [-0.2, 0) is 23.3 Å². The maximum absolute atomic E-state index is 14.2. The maximum Gasteiger partial charge on any atom is 0.272 e. The summed E-state index contributed by atoms with van der Waals surface area (Å²) in [4.78, 5) is 32.7. The van der Waals surface area contributed by atoms with Crippen LogP contribution in [-0.4, -0.2) is 32.0 Å². The van der Waals surface area contributed by atoms with Gasteiger partial charge in [-0.1, -0.05) is 18.2 Å². The van der Waals surface area contributed by atoms with Gasteiger partial charge in [0, 0.05) is 29.7 Å². The van der Waals surface area contributed by atoms with E-state index in [0.717, 1.165) is 24.8 Å². The minimum absolute atomic E-state index is 0.0414. The zero-order valence-corrected chi connectivity index (χ0v) is 20.7. The molecule has 2 aliphatic rings. The number of pyridine rings is 1. The number of H-pyrrole nitrogens is 1. The van der Waals surface area contributed by atoms with Crippen molar-refractivity contribution in [3.63, 3.8) is 0 Å². The highest BCUT2D eigenvalue weighted by molar-refractivity contribution is 5.94. The number of aromatic amines is 1. The summed E-state index contributed by atoms with van der Waals surface area (Å²) >= 11 is 0. The fourth-order valence-corrected chi connectivity index (χ4v) is 5.38. The number of carbonyl (C=O) groups is 1. The molecule has 2 heterocycles. The summed E-state index contributed by atoms with van der Waals surface area (Å²) in [6.07, 6.45) is 5.80. The normalized spacial score (nSPS) is 16.3. The van der Waals surface area contributed by atoms with Crippen molar-refractivity contribution < 1.29 is 13.6 Å². The van der Waals surface area contributed by atoms with Crippen LogP contribution >= 0.6 is 0 Å². The maximum atomic E-state index is 14.2. The molecule has 0 aliphatic heterocycles. The number of carbonyl (C=O) groups excluding carboxylic acids is 1. The van der Waals surface area contributed by atoms with Gasteiger partial charge in [-0.25, -0.2) is 13.9 Å². The number of aromatic nitrogens is 3. The topological polar surface area (TPSA) is 105 Å². The number of nitrogens with one attached hydrogen (secondary N) is 1. The van der Waals surface area contributed by atoms with Crippen LogP contribution in [0.1, 0.15) is 49.1 Å². The zero-order valence-electron chi connectivity index (χ0n) is 20.7. The van der Waals surface area contributed by atoms with Crippen molar-refractivity contribution in [2.24, 2.45) is 5.73 Å². The number of halogens is 2. The van der Waals surface area contributed by atoms with Crippen molar-refractivity contribution in [2.45, 2.75) is 56.7 Å². The molecule has 0 spiro atoms.